The maximum absolute atomic E-state index is 13.2. The van der Waals surface area contributed by atoms with Crippen molar-refractivity contribution in [1.82, 2.24) is 0 Å². The van der Waals surface area contributed by atoms with Crippen LogP contribution in [0.1, 0.15) is 31.1 Å². The third kappa shape index (κ3) is 5.24. The Morgan fingerprint density at radius 3 is 1.72 bits per heavy atom. The first-order chi connectivity index (χ1) is 21.6. The van der Waals surface area contributed by atoms with Crippen molar-refractivity contribution < 1.29 is 94.5 Å². The molecule has 0 amide bonds. The Labute approximate surface area is 254 Å². The highest BCUT2D eigenvalue weighted by Gasteiger charge is 2.49. The molecular weight excluding hydrogens is 628 g/mol. The number of rotatable bonds is 2. The second-order valence-electron chi connectivity index (χ2n) is 9.85. The van der Waals surface area contributed by atoms with E-state index in [1.807, 2.05) is 0 Å². The van der Waals surface area contributed by atoms with E-state index >= 15 is 0 Å². The number of benzene rings is 3. The van der Waals surface area contributed by atoms with Crippen molar-refractivity contribution >= 4 is 17.9 Å². The number of esters is 2. The van der Waals surface area contributed by atoms with Gasteiger partial charge in [0.25, 0.3) is 0 Å². The van der Waals surface area contributed by atoms with Crippen molar-refractivity contribution in [2.75, 3.05) is 6.61 Å². The molecule has 0 saturated carbocycles. The van der Waals surface area contributed by atoms with Crippen molar-refractivity contribution in [1.29, 1.82) is 0 Å². The highest BCUT2D eigenvalue weighted by Crippen LogP contribution is 2.52. The van der Waals surface area contributed by atoms with Gasteiger partial charge in [0.15, 0.2) is 46.4 Å². The lowest BCUT2D eigenvalue weighted by atomic mass is 9.92. The van der Waals surface area contributed by atoms with Crippen LogP contribution in [0.4, 0.5) is 0 Å². The van der Waals surface area contributed by atoms with Gasteiger partial charge in [0.1, 0.15) is 24.9 Å². The standard InChI is InChI=1S/C27H22O19/c28-9-1-6(2-10(29)16(9)32)24(39)44-27-22(38)23-19(35)13(43-27)5-42-25(40)7-3-11(30)17(33)20(36)14(7)15-8(26(41)46-45-23)4-12(31)18(34)21(15)37/h1-4,13,19,22-23,27-38H,5H2/t13-,19-,22-,23+,27-/m1/s1. The molecule has 0 radical (unpaired) electrons. The van der Waals surface area contributed by atoms with Crippen LogP contribution in [-0.2, 0) is 24.0 Å². The first kappa shape index (κ1) is 31.5. The number of hydrogen-bond donors (Lipinski definition) is 11. The van der Waals surface area contributed by atoms with E-state index in [1.165, 1.54) is 0 Å². The number of fused-ring (bicyclic) bond motifs is 5. The van der Waals surface area contributed by atoms with Crippen LogP contribution in [0.5, 0.6) is 51.7 Å². The van der Waals surface area contributed by atoms with Gasteiger partial charge in [-0.1, -0.05) is 0 Å². The molecule has 2 heterocycles. The van der Waals surface area contributed by atoms with Gasteiger partial charge in [-0.2, -0.15) is 4.89 Å². The lowest BCUT2D eigenvalue weighted by Crippen LogP contribution is -2.60. The van der Waals surface area contributed by atoms with E-state index in [0.29, 0.717) is 24.3 Å². The SMILES string of the molecule is O=C(O[C@H]1O[C@@H]2COC(=O)c3cc(O)c(O)c(O)c3-c3c(cc(O)c(O)c3O)C(=O)OO[C@H]([C@H]1O)[C@@H]2O)c1cc(O)c(O)c(O)c1. The molecule has 1 fully saturated rings. The van der Waals surface area contributed by atoms with Crippen molar-refractivity contribution in [3.63, 3.8) is 0 Å². The lowest BCUT2D eigenvalue weighted by molar-refractivity contribution is -0.366. The van der Waals surface area contributed by atoms with Crippen LogP contribution >= 0.6 is 0 Å². The van der Waals surface area contributed by atoms with Gasteiger partial charge in [-0.25, -0.2) is 14.4 Å². The number of carbonyl (C=O) groups is 3. The Balaban J connectivity index is 1.58. The Bertz CT molecular complexity index is 1740. The second-order valence-corrected chi connectivity index (χ2v) is 9.85. The van der Waals surface area contributed by atoms with Crippen LogP contribution in [0.25, 0.3) is 11.1 Å². The summed E-state index contributed by atoms with van der Waals surface area (Å²) in [6.07, 6.45) is -10.2. The van der Waals surface area contributed by atoms with Gasteiger partial charge in [0, 0.05) is 11.1 Å². The number of aliphatic hydroxyl groups excluding tert-OH is 2. The molecule has 5 rings (SSSR count). The summed E-state index contributed by atoms with van der Waals surface area (Å²) >= 11 is 0. The summed E-state index contributed by atoms with van der Waals surface area (Å²) in [5, 5.41) is 112. The number of carbonyl (C=O) groups excluding carboxylic acids is 3. The number of phenols is 9. The van der Waals surface area contributed by atoms with E-state index in [2.05, 4.69) is 0 Å². The van der Waals surface area contributed by atoms with Gasteiger partial charge < -0.3 is 70.4 Å². The predicted molar refractivity (Wildman–Crippen MR) is 140 cm³/mol. The van der Waals surface area contributed by atoms with Crippen LogP contribution in [0, 0.1) is 0 Å². The highest BCUT2D eigenvalue weighted by molar-refractivity contribution is 6.08. The summed E-state index contributed by atoms with van der Waals surface area (Å²) in [4.78, 5) is 48.8. The van der Waals surface area contributed by atoms with Crippen molar-refractivity contribution in [2.24, 2.45) is 0 Å². The van der Waals surface area contributed by atoms with Crippen molar-refractivity contribution in [3.8, 4) is 62.9 Å². The summed E-state index contributed by atoms with van der Waals surface area (Å²) in [6, 6.07) is 2.40. The molecule has 5 atom stereocenters. The Kier molecular flexibility index (Phi) is 7.92. The zero-order valence-corrected chi connectivity index (χ0v) is 22.6. The molecule has 46 heavy (non-hydrogen) atoms. The average molecular weight is 650 g/mol. The van der Waals surface area contributed by atoms with Crippen LogP contribution in [0.15, 0.2) is 24.3 Å². The molecule has 0 aliphatic carbocycles. The van der Waals surface area contributed by atoms with E-state index < -0.39 is 135 Å². The summed E-state index contributed by atoms with van der Waals surface area (Å²) < 4.78 is 15.6. The molecule has 1 saturated heterocycles. The lowest BCUT2D eigenvalue weighted by Gasteiger charge is -2.40. The number of aliphatic hydroxyl groups is 2. The predicted octanol–water partition coefficient (Wildman–Crippen LogP) is -0.365. The first-order valence-corrected chi connectivity index (χ1v) is 12.7. The van der Waals surface area contributed by atoms with Gasteiger partial charge in [0.05, 0.1) is 16.7 Å². The topological polar surface area (TPSA) is 320 Å². The van der Waals surface area contributed by atoms with Crippen LogP contribution in [0.3, 0.4) is 0 Å². The van der Waals surface area contributed by atoms with Gasteiger partial charge in [-0.15, -0.1) is 0 Å². The number of cyclic esters (lactones) is 1. The summed E-state index contributed by atoms with van der Waals surface area (Å²) in [5.74, 6) is -14.7. The average Bonchev–Trinajstić information content (AvgIpc) is 3.01. The van der Waals surface area contributed by atoms with Gasteiger partial charge in [-0.3, -0.25) is 4.89 Å². The van der Waals surface area contributed by atoms with Gasteiger partial charge in [-0.05, 0) is 24.3 Å². The molecule has 19 heteroatoms. The molecule has 0 spiro atoms. The molecule has 19 nitrogen and oxygen atoms in total. The molecule has 3 aromatic rings. The third-order valence-electron chi connectivity index (χ3n) is 6.98. The minimum absolute atomic E-state index is 0.487. The number of hydrogen-bond acceptors (Lipinski definition) is 19. The van der Waals surface area contributed by atoms with Gasteiger partial charge in [0.2, 0.25) is 17.8 Å². The van der Waals surface area contributed by atoms with E-state index in [-0.39, 0.29) is 0 Å². The minimum Gasteiger partial charge on any atom is -0.504 e. The molecule has 11 N–H and O–H groups in total. The zero-order chi connectivity index (χ0) is 33.8. The van der Waals surface area contributed by atoms with E-state index in [0.717, 1.165) is 0 Å². The normalized spacial score (nSPS) is 23.0. The molecule has 0 unspecified atom stereocenters. The maximum atomic E-state index is 13.2. The monoisotopic (exact) mass is 650 g/mol. The Morgan fingerprint density at radius 2 is 1.17 bits per heavy atom. The second kappa shape index (κ2) is 11.6. The fourth-order valence-electron chi connectivity index (χ4n) is 4.64. The molecule has 2 bridgehead atoms. The number of phenolic OH excluding ortho intramolecular Hbond substituents is 9. The Morgan fingerprint density at radius 1 is 0.674 bits per heavy atom. The maximum Gasteiger partial charge on any atom is 0.374 e. The summed E-state index contributed by atoms with van der Waals surface area (Å²) in [5.41, 5.74) is -4.25. The zero-order valence-electron chi connectivity index (χ0n) is 22.6. The fourth-order valence-corrected chi connectivity index (χ4v) is 4.64. The fraction of sp³-hybridized carbons (Fsp3) is 0.222. The Hall–Kier alpha value is -5.89. The molecule has 3 aromatic carbocycles. The largest absolute Gasteiger partial charge is 0.504 e. The van der Waals surface area contributed by atoms with Gasteiger partial charge >= 0.3 is 17.9 Å². The van der Waals surface area contributed by atoms with Crippen molar-refractivity contribution in [2.45, 2.75) is 30.7 Å². The van der Waals surface area contributed by atoms with Crippen LogP contribution in [0.2, 0.25) is 0 Å². The van der Waals surface area contributed by atoms with E-state index in [4.69, 9.17) is 24.0 Å². The molecule has 244 valence electrons. The van der Waals surface area contributed by atoms with Crippen LogP contribution < -0.4 is 0 Å². The first-order valence-electron chi connectivity index (χ1n) is 12.7. The number of aromatic hydroxyl groups is 9. The smallest absolute Gasteiger partial charge is 0.374 e. The molecule has 2 aliphatic heterocycles. The minimum atomic E-state index is -2.20. The molecule has 0 aromatic heterocycles. The van der Waals surface area contributed by atoms with Crippen molar-refractivity contribution in [3.05, 3.63) is 41.0 Å². The van der Waals surface area contributed by atoms with E-state index in [1.54, 1.807) is 0 Å². The highest BCUT2D eigenvalue weighted by atomic mass is 17.2. The number of ether oxygens (including phenoxy) is 3. The summed E-state index contributed by atoms with van der Waals surface area (Å²) in [7, 11) is 0. The molecule has 2 aliphatic rings. The third-order valence-corrected chi connectivity index (χ3v) is 6.98. The quantitative estimate of drug-likeness (QED) is 0.0957. The van der Waals surface area contributed by atoms with Crippen LogP contribution in [-0.4, -0.2) is 111 Å². The molecular formula is C27H22O19. The summed E-state index contributed by atoms with van der Waals surface area (Å²) in [6.45, 7) is -0.975. The van der Waals surface area contributed by atoms with E-state index in [9.17, 15) is 70.6 Å².